The molecule has 0 heterocycles. The molecule has 1 N–H and O–H groups in total. The third kappa shape index (κ3) is 4.16. The van der Waals surface area contributed by atoms with Crippen molar-refractivity contribution in [3.05, 3.63) is 31.2 Å². The van der Waals surface area contributed by atoms with E-state index in [2.05, 4.69) is 43.2 Å². The number of nitro groups is 1. The molecule has 0 radical (unpaired) electrons. The molecule has 0 saturated carbocycles. The van der Waals surface area contributed by atoms with Crippen LogP contribution in [0.1, 0.15) is 13.8 Å². The number of rotatable bonds is 6. The summed E-state index contributed by atoms with van der Waals surface area (Å²) >= 11 is 6.46. The summed E-state index contributed by atoms with van der Waals surface area (Å²) in [6.07, 6.45) is 0. The van der Waals surface area contributed by atoms with E-state index in [-0.39, 0.29) is 12.3 Å². The van der Waals surface area contributed by atoms with E-state index in [1.165, 1.54) is 12.1 Å². The quantitative estimate of drug-likeness (QED) is 0.577. The SMILES string of the molecule is CCNC(C)(C#N)COc1c(Br)cc([N+](=O)[O-])cc1Br. The number of nitrogens with one attached hydrogen (secondary N) is 1. The molecule has 0 aliphatic rings. The second-order valence-electron chi connectivity index (χ2n) is 4.26. The van der Waals surface area contributed by atoms with Gasteiger partial charge in [-0.1, -0.05) is 6.92 Å². The minimum absolute atomic E-state index is 0.0502. The monoisotopic (exact) mass is 405 g/mol. The van der Waals surface area contributed by atoms with Gasteiger partial charge in [0.05, 0.1) is 19.9 Å². The van der Waals surface area contributed by atoms with E-state index in [1.807, 2.05) is 6.92 Å². The highest BCUT2D eigenvalue weighted by Crippen LogP contribution is 2.37. The number of non-ortho nitro benzene ring substituents is 1. The highest BCUT2D eigenvalue weighted by atomic mass is 79.9. The number of hydrogen-bond donors (Lipinski definition) is 1. The van der Waals surface area contributed by atoms with Crippen LogP contribution in [0.4, 0.5) is 5.69 Å². The van der Waals surface area contributed by atoms with Crippen molar-refractivity contribution in [1.82, 2.24) is 5.32 Å². The van der Waals surface area contributed by atoms with Crippen molar-refractivity contribution < 1.29 is 9.66 Å². The molecule has 0 amide bonds. The summed E-state index contributed by atoms with van der Waals surface area (Å²) < 4.78 is 6.52. The highest BCUT2D eigenvalue weighted by Gasteiger charge is 2.25. The van der Waals surface area contributed by atoms with Crippen molar-refractivity contribution in [3.63, 3.8) is 0 Å². The molecule has 0 aliphatic heterocycles. The van der Waals surface area contributed by atoms with Gasteiger partial charge in [-0.3, -0.25) is 15.4 Å². The van der Waals surface area contributed by atoms with Crippen LogP contribution in [0.5, 0.6) is 5.75 Å². The predicted octanol–water partition coefficient (Wildman–Crippen LogP) is 3.39. The normalized spacial score (nSPS) is 13.3. The third-order valence-corrected chi connectivity index (χ3v) is 3.69. The molecule has 6 nitrogen and oxygen atoms in total. The van der Waals surface area contributed by atoms with Crippen LogP contribution in [0.2, 0.25) is 0 Å². The number of nitro benzene ring substituents is 1. The zero-order chi connectivity index (χ0) is 15.3. The molecule has 0 saturated heterocycles. The zero-order valence-electron chi connectivity index (χ0n) is 10.9. The van der Waals surface area contributed by atoms with Gasteiger partial charge in [0.2, 0.25) is 0 Å². The lowest BCUT2D eigenvalue weighted by Gasteiger charge is -2.23. The average Bonchev–Trinajstić information content (AvgIpc) is 2.37. The first-order chi connectivity index (χ1) is 9.33. The minimum Gasteiger partial charge on any atom is -0.488 e. The largest absolute Gasteiger partial charge is 0.488 e. The van der Waals surface area contributed by atoms with Crippen molar-refractivity contribution in [2.45, 2.75) is 19.4 Å². The maximum Gasteiger partial charge on any atom is 0.271 e. The fraction of sp³-hybridized carbons (Fsp3) is 0.417. The fourth-order valence-electron chi connectivity index (χ4n) is 1.52. The lowest BCUT2D eigenvalue weighted by atomic mass is 10.1. The second kappa shape index (κ2) is 7.02. The van der Waals surface area contributed by atoms with Gasteiger partial charge in [0.25, 0.3) is 5.69 Å². The number of benzene rings is 1. The van der Waals surface area contributed by atoms with Crippen molar-refractivity contribution in [2.24, 2.45) is 0 Å². The fourth-order valence-corrected chi connectivity index (χ4v) is 2.91. The van der Waals surface area contributed by atoms with Crippen LogP contribution >= 0.6 is 31.9 Å². The molecule has 20 heavy (non-hydrogen) atoms. The average molecular weight is 407 g/mol. The van der Waals surface area contributed by atoms with Crippen LogP contribution in [0.25, 0.3) is 0 Å². The van der Waals surface area contributed by atoms with Crippen LogP contribution in [0, 0.1) is 21.4 Å². The number of halogens is 2. The number of nitrogens with zero attached hydrogens (tertiary/aromatic N) is 2. The molecule has 1 aromatic rings. The third-order valence-electron chi connectivity index (χ3n) is 2.51. The Balaban J connectivity index is 2.94. The lowest BCUT2D eigenvalue weighted by molar-refractivity contribution is -0.385. The molecule has 1 atom stereocenters. The molecular formula is C12H13Br2N3O3. The molecule has 0 bridgehead atoms. The Hall–Kier alpha value is -1.17. The van der Waals surface area contributed by atoms with Crippen molar-refractivity contribution in [1.29, 1.82) is 5.26 Å². The Kier molecular flexibility index (Phi) is 5.92. The summed E-state index contributed by atoms with van der Waals surface area (Å²) in [5.74, 6) is 0.426. The number of likely N-dealkylation sites (N-methyl/N-ethyl adjacent to an activating group) is 1. The Morgan fingerprint density at radius 3 is 2.45 bits per heavy atom. The van der Waals surface area contributed by atoms with E-state index in [0.29, 0.717) is 21.2 Å². The number of hydrogen-bond acceptors (Lipinski definition) is 5. The summed E-state index contributed by atoms with van der Waals surface area (Å²) in [5, 5.41) is 22.9. The smallest absolute Gasteiger partial charge is 0.271 e. The standard InChI is InChI=1S/C12H13Br2N3O3/c1-3-16-12(2,6-15)7-20-11-9(13)4-8(17(18)19)5-10(11)14/h4-5,16H,3,7H2,1-2H3. The van der Waals surface area contributed by atoms with E-state index in [0.717, 1.165) is 0 Å². The lowest BCUT2D eigenvalue weighted by Crippen LogP contribution is -2.46. The Labute approximate surface area is 133 Å². The number of nitriles is 1. The van der Waals surface area contributed by atoms with Crippen LogP contribution in [0.15, 0.2) is 21.1 Å². The van der Waals surface area contributed by atoms with Gasteiger partial charge in [-0.05, 0) is 45.3 Å². The minimum atomic E-state index is -0.824. The first kappa shape index (κ1) is 16.9. The molecule has 1 unspecified atom stereocenters. The zero-order valence-corrected chi connectivity index (χ0v) is 14.1. The number of ether oxygens (including phenoxy) is 1. The molecule has 0 aromatic heterocycles. The molecule has 1 rings (SSSR count). The molecule has 108 valence electrons. The summed E-state index contributed by atoms with van der Waals surface area (Å²) in [6, 6.07) is 4.86. The highest BCUT2D eigenvalue weighted by molar-refractivity contribution is 9.11. The van der Waals surface area contributed by atoms with E-state index < -0.39 is 10.5 Å². The van der Waals surface area contributed by atoms with Crippen LogP contribution in [-0.4, -0.2) is 23.6 Å². The van der Waals surface area contributed by atoms with E-state index >= 15 is 0 Å². The maximum atomic E-state index is 10.7. The Bertz CT molecular complexity index is 536. The van der Waals surface area contributed by atoms with Gasteiger partial charge in [0.1, 0.15) is 17.9 Å². The summed E-state index contributed by atoms with van der Waals surface area (Å²) in [7, 11) is 0. The summed E-state index contributed by atoms with van der Waals surface area (Å²) in [5.41, 5.74) is -0.874. The van der Waals surface area contributed by atoms with Gasteiger partial charge in [0.15, 0.2) is 0 Å². The molecular weight excluding hydrogens is 394 g/mol. The molecule has 0 fully saturated rings. The first-order valence-corrected chi connectivity index (χ1v) is 7.34. The van der Waals surface area contributed by atoms with Crippen molar-refractivity contribution in [2.75, 3.05) is 13.2 Å². The van der Waals surface area contributed by atoms with Gasteiger partial charge < -0.3 is 4.74 Å². The summed E-state index contributed by atoms with van der Waals surface area (Å²) in [6.45, 7) is 4.37. The van der Waals surface area contributed by atoms with E-state index in [4.69, 9.17) is 10.00 Å². The predicted molar refractivity (Wildman–Crippen MR) is 81.7 cm³/mol. The van der Waals surface area contributed by atoms with Gasteiger partial charge >= 0.3 is 0 Å². The van der Waals surface area contributed by atoms with Crippen LogP contribution in [-0.2, 0) is 0 Å². The van der Waals surface area contributed by atoms with Crippen LogP contribution < -0.4 is 10.1 Å². The van der Waals surface area contributed by atoms with Gasteiger partial charge in [-0.15, -0.1) is 0 Å². The topological polar surface area (TPSA) is 88.2 Å². The molecule has 0 aliphatic carbocycles. The van der Waals surface area contributed by atoms with Crippen LogP contribution in [0.3, 0.4) is 0 Å². The first-order valence-electron chi connectivity index (χ1n) is 5.75. The van der Waals surface area contributed by atoms with Crippen molar-refractivity contribution >= 4 is 37.5 Å². The molecule has 8 heteroatoms. The Morgan fingerprint density at radius 2 is 2.05 bits per heavy atom. The molecule has 0 spiro atoms. The summed E-state index contributed by atoms with van der Waals surface area (Å²) in [4.78, 5) is 10.2. The van der Waals surface area contributed by atoms with Gasteiger partial charge in [-0.2, -0.15) is 5.26 Å². The van der Waals surface area contributed by atoms with E-state index in [1.54, 1.807) is 6.92 Å². The van der Waals surface area contributed by atoms with Gasteiger partial charge in [-0.25, -0.2) is 0 Å². The Morgan fingerprint density at radius 1 is 1.50 bits per heavy atom. The maximum absolute atomic E-state index is 10.7. The van der Waals surface area contributed by atoms with Gasteiger partial charge in [0, 0.05) is 12.1 Å². The van der Waals surface area contributed by atoms with E-state index in [9.17, 15) is 10.1 Å². The second-order valence-corrected chi connectivity index (χ2v) is 5.97. The van der Waals surface area contributed by atoms with Crippen molar-refractivity contribution in [3.8, 4) is 11.8 Å². The molecule has 1 aromatic carbocycles.